The number of nitrogens with one attached hydrogen (secondary N) is 1. The average Bonchev–Trinajstić information content (AvgIpc) is 2.72. The van der Waals surface area contributed by atoms with E-state index in [0.29, 0.717) is 19.7 Å². The van der Waals surface area contributed by atoms with Gasteiger partial charge in [-0.25, -0.2) is 4.79 Å². The Morgan fingerprint density at radius 3 is 2.73 bits per heavy atom. The second-order valence-corrected chi connectivity index (χ2v) is 6.58. The maximum Gasteiger partial charge on any atom is 0.317 e. The third-order valence-corrected chi connectivity index (χ3v) is 4.67. The Morgan fingerprint density at radius 1 is 1.15 bits per heavy atom. The van der Waals surface area contributed by atoms with Crippen LogP contribution >= 0.6 is 0 Å². The summed E-state index contributed by atoms with van der Waals surface area (Å²) in [5, 5.41) is 12.2. The van der Waals surface area contributed by atoms with Crippen molar-refractivity contribution in [1.29, 1.82) is 0 Å². The molecule has 0 aromatic heterocycles. The van der Waals surface area contributed by atoms with E-state index >= 15 is 0 Å². The number of amides is 2. The lowest BCUT2D eigenvalue weighted by atomic mass is 9.99. The average molecular weight is 354 g/mol. The summed E-state index contributed by atoms with van der Waals surface area (Å²) in [7, 11) is 0. The molecule has 26 heavy (non-hydrogen) atoms. The maximum atomic E-state index is 12.2. The van der Waals surface area contributed by atoms with Crippen LogP contribution in [0.3, 0.4) is 0 Å². The zero-order valence-electron chi connectivity index (χ0n) is 14.9. The molecule has 0 aliphatic carbocycles. The molecule has 0 saturated carbocycles. The van der Waals surface area contributed by atoms with Crippen molar-refractivity contribution < 1.29 is 14.6 Å². The number of benzene rings is 2. The van der Waals surface area contributed by atoms with Gasteiger partial charge in [-0.05, 0) is 30.4 Å². The van der Waals surface area contributed by atoms with E-state index in [1.807, 2.05) is 42.5 Å². The first kappa shape index (κ1) is 18.3. The molecule has 3 rings (SSSR count). The van der Waals surface area contributed by atoms with Crippen molar-refractivity contribution in [2.45, 2.75) is 12.8 Å². The van der Waals surface area contributed by atoms with Gasteiger partial charge in [0, 0.05) is 25.3 Å². The van der Waals surface area contributed by atoms with Crippen LogP contribution in [0, 0.1) is 5.92 Å². The molecule has 2 aromatic rings. The van der Waals surface area contributed by atoms with Gasteiger partial charge in [0.15, 0.2) is 0 Å². The predicted octanol–water partition coefficient (Wildman–Crippen LogP) is 3.15. The van der Waals surface area contributed by atoms with Gasteiger partial charge < -0.3 is 20.1 Å². The van der Waals surface area contributed by atoms with E-state index in [1.54, 1.807) is 4.90 Å². The largest absolute Gasteiger partial charge is 0.491 e. The van der Waals surface area contributed by atoms with Crippen molar-refractivity contribution in [3.05, 3.63) is 54.6 Å². The van der Waals surface area contributed by atoms with Crippen molar-refractivity contribution in [2.24, 2.45) is 5.92 Å². The van der Waals surface area contributed by atoms with Gasteiger partial charge in [0.2, 0.25) is 0 Å². The van der Waals surface area contributed by atoms with Gasteiger partial charge in [0.1, 0.15) is 12.4 Å². The van der Waals surface area contributed by atoms with Crippen LogP contribution in [-0.2, 0) is 0 Å². The quantitative estimate of drug-likeness (QED) is 0.784. The Morgan fingerprint density at radius 2 is 1.92 bits per heavy atom. The Labute approximate surface area is 154 Å². The minimum absolute atomic E-state index is 0.0805. The molecule has 1 fully saturated rings. The second-order valence-electron chi connectivity index (χ2n) is 6.58. The van der Waals surface area contributed by atoms with Gasteiger partial charge in [-0.2, -0.15) is 0 Å². The summed E-state index contributed by atoms with van der Waals surface area (Å²) < 4.78 is 5.90. The van der Waals surface area contributed by atoms with Gasteiger partial charge in [0.25, 0.3) is 0 Å². The van der Waals surface area contributed by atoms with E-state index in [4.69, 9.17) is 4.74 Å². The molecule has 2 aromatic carbocycles. The highest BCUT2D eigenvalue weighted by atomic mass is 16.5. The number of nitrogens with zero attached hydrogens (tertiary/aromatic N) is 1. The maximum absolute atomic E-state index is 12.2. The molecule has 1 atom stereocenters. The number of rotatable bonds is 6. The summed E-state index contributed by atoms with van der Waals surface area (Å²) in [6.07, 6.45) is 1.93. The molecule has 1 unspecified atom stereocenters. The molecule has 2 N–H and O–H groups in total. The standard InChI is InChI=1S/C21H26N2O3/c24-16-17-7-6-13-23(15-17)21(25)22-12-14-26-20-11-5-4-10-19(20)18-8-2-1-3-9-18/h1-5,8-11,17,24H,6-7,12-16H2,(H,22,25). The van der Waals surface area contributed by atoms with Crippen LogP contribution < -0.4 is 10.1 Å². The first-order valence-electron chi connectivity index (χ1n) is 9.19. The normalized spacial score (nSPS) is 17.0. The molecule has 1 saturated heterocycles. The molecule has 0 spiro atoms. The van der Waals surface area contributed by atoms with Gasteiger partial charge in [0.05, 0.1) is 6.54 Å². The lowest BCUT2D eigenvalue weighted by Crippen LogP contribution is -2.47. The van der Waals surface area contributed by atoms with Crippen LogP contribution in [-0.4, -0.2) is 48.9 Å². The minimum atomic E-state index is -0.0805. The van der Waals surface area contributed by atoms with Gasteiger partial charge >= 0.3 is 6.03 Å². The lowest BCUT2D eigenvalue weighted by molar-refractivity contribution is 0.129. The van der Waals surface area contributed by atoms with Gasteiger partial charge in [-0.15, -0.1) is 0 Å². The number of carbonyl (C=O) groups is 1. The molecular formula is C21H26N2O3. The van der Waals surface area contributed by atoms with Crippen LogP contribution in [0.15, 0.2) is 54.6 Å². The van der Waals surface area contributed by atoms with Crippen LogP contribution in [0.2, 0.25) is 0 Å². The highest BCUT2D eigenvalue weighted by Gasteiger charge is 2.22. The third kappa shape index (κ3) is 4.76. The van der Waals surface area contributed by atoms with Crippen LogP contribution in [0.1, 0.15) is 12.8 Å². The molecule has 1 aliphatic heterocycles. The number of hydrogen-bond donors (Lipinski definition) is 2. The summed E-state index contributed by atoms with van der Waals surface area (Å²) >= 11 is 0. The number of hydrogen-bond acceptors (Lipinski definition) is 3. The Bertz CT molecular complexity index is 705. The number of urea groups is 1. The summed E-state index contributed by atoms with van der Waals surface area (Å²) in [5.74, 6) is 1.01. The first-order chi connectivity index (χ1) is 12.8. The first-order valence-corrected chi connectivity index (χ1v) is 9.19. The highest BCUT2D eigenvalue weighted by Crippen LogP contribution is 2.29. The zero-order valence-corrected chi connectivity index (χ0v) is 14.9. The van der Waals surface area contributed by atoms with Gasteiger partial charge in [-0.3, -0.25) is 0 Å². The molecule has 2 amide bonds. The predicted molar refractivity (Wildman–Crippen MR) is 102 cm³/mol. The Kier molecular flexibility index (Phi) is 6.50. The van der Waals surface area contributed by atoms with Crippen molar-refractivity contribution in [3.63, 3.8) is 0 Å². The second kappa shape index (κ2) is 9.25. The summed E-state index contributed by atoms with van der Waals surface area (Å²) in [6, 6.07) is 17.9. The molecule has 0 bridgehead atoms. The molecule has 5 nitrogen and oxygen atoms in total. The molecule has 1 aliphatic rings. The number of aliphatic hydroxyl groups is 1. The number of aliphatic hydroxyl groups excluding tert-OH is 1. The number of carbonyl (C=O) groups excluding carboxylic acids is 1. The van der Waals surface area contributed by atoms with E-state index in [2.05, 4.69) is 17.4 Å². The fourth-order valence-electron chi connectivity index (χ4n) is 3.28. The van der Waals surface area contributed by atoms with Crippen LogP contribution in [0.5, 0.6) is 5.75 Å². The lowest BCUT2D eigenvalue weighted by Gasteiger charge is -2.31. The van der Waals surface area contributed by atoms with Crippen LogP contribution in [0.4, 0.5) is 4.79 Å². The Hall–Kier alpha value is -2.53. The van der Waals surface area contributed by atoms with Crippen molar-refractivity contribution in [1.82, 2.24) is 10.2 Å². The minimum Gasteiger partial charge on any atom is -0.491 e. The SMILES string of the molecule is O=C(NCCOc1ccccc1-c1ccccc1)N1CCCC(CO)C1. The number of ether oxygens (including phenoxy) is 1. The molecule has 0 radical (unpaired) electrons. The molecule has 5 heteroatoms. The summed E-state index contributed by atoms with van der Waals surface area (Å²) in [5.41, 5.74) is 2.15. The van der Waals surface area contributed by atoms with E-state index in [1.165, 1.54) is 0 Å². The molecule has 138 valence electrons. The summed E-state index contributed by atoms with van der Waals surface area (Å²) in [6.45, 7) is 2.37. The third-order valence-electron chi connectivity index (χ3n) is 4.67. The smallest absolute Gasteiger partial charge is 0.317 e. The van der Waals surface area contributed by atoms with Crippen molar-refractivity contribution in [2.75, 3.05) is 32.8 Å². The number of likely N-dealkylation sites (tertiary alicyclic amines) is 1. The van der Waals surface area contributed by atoms with E-state index in [0.717, 1.165) is 36.3 Å². The van der Waals surface area contributed by atoms with E-state index in [-0.39, 0.29) is 18.6 Å². The topological polar surface area (TPSA) is 61.8 Å². The molecule has 1 heterocycles. The van der Waals surface area contributed by atoms with Crippen molar-refractivity contribution in [3.8, 4) is 16.9 Å². The van der Waals surface area contributed by atoms with Gasteiger partial charge in [-0.1, -0.05) is 48.5 Å². The Balaban J connectivity index is 1.49. The van der Waals surface area contributed by atoms with Crippen LogP contribution in [0.25, 0.3) is 11.1 Å². The number of para-hydroxylation sites is 1. The molecular weight excluding hydrogens is 328 g/mol. The monoisotopic (exact) mass is 354 g/mol. The van der Waals surface area contributed by atoms with E-state index < -0.39 is 0 Å². The fraction of sp³-hybridized carbons (Fsp3) is 0.381. The van der Waals surface area contributed by atoms with Crippen molar-refractivity contribution >= 4 is 6.03 Å². The highest BCUT2D eigenvalue weighted by molar-refractivity contribution is 5.74. The zero-order chi connectivity index (χ0) is 18.2. The summed E-state index contributed by atoms with van der Waals surface area (Å²) in [4.78, 5) is 14.0. The number of piperidine rings is 1. The fourth-order valence-corrected chi connectivity index (χ4v) is 3.28. The van der Waals surface area contributed by atoms with E-state index in [9.17, 15) is 9.90 Å².